The summed E-state index contributed by atoms with van der Waals surface area (Å²) >= 11 is 0. The maximum Gasteiger partial charge on any atom is 0.573 e. The second kappa shape index (κ2) is 11.2. The van der Waals surface area contributed by atoms with Crippen LogP contribution in [0.1, 0.15) is 42.5 Å². The summed E-state index contributed by atoms with van der Waals surface area (Å²) < 4.78 is 49.0. The SMILES string of the molecule is CN[C@H](CC(=O)O)C(=O)N1CCc2c1ccc(OCc1ccc(CC(C)C)c(OC(F)(F)F)c1)c2C. The van der Waals surface area contributed by atoms with Gasteiger partial charge in [0.1, 0.15) is 18.1 Å². The molecule has 1 atom stereocenters. The number of amides is 1. The molecule has 1 amide bonds. The Balaban J connectivity index is 1.77. The van der Waals surface area contributed by atoms with Crippen LogP contribution >= 0.6 is 0 Å². The van der Waals surface area contributed by atoms with Crippen LogP contribution in [-0.4, -0.2) is 43.0 Å². The Morgan fingerprint density at radius 2 is 1.89 bits per heavy atom. The number of carboxylic acids is 1. The van der Waals surface area contributed by atoms with Crippen LogP contribution in [-0.2, 0) is 29.0 Å². The number of fused-ring (bicyclic) bond motifs is 1. The first-order chi connectivity index (χ1) is 16.9. The number of likely N-dealkylation sites (N-methyl/N-ethyl adjacent to an activating group) is 1. The fourth-order valence-electron chi connectivity index (χ4n) is 4.37. The molecular weight excluding hydrogens is 477 g/mol. The normalized spacial score (nSPS) is 14.1. The number of carboxylic acid groups (broad SMARTS) is 1. The smallest absolute Gasteiger partial charge is 0.489 e. The first-order valence-corrected chi connectivity index (χ1v) is 11.7. The topological polar surface area (TPSA) is 88.1 Å². The minimum absolute atomic E-state index is 0.0406. The van der Waals surface area contributed by atoms with Crippen molar-refractivity contribution in [1.82, 2.24) is 5.32 Å². The van der Waals surface area contributed by atoms with Crippen molar-refractivity contribution in [1.29, 1.82) is 0 Å². The highest BCUT2D eigenvalue weighted by Gasteiger charge is 2.33. The average molecular weight is 509 g/mol. The van der Waals surface area contributed by atoms with E-state index >= 15 is 0 Å². The van der Waals surface area contributed by atoms with Gasteiger partial charge in [0, 0.05) is 12.2 Å². The summed E-state index contributed by atoms with van der Waals surface area (Å²) in [7, 11) is 1.55. The molecule has 1 heterocycles. The Kier molecular flexibility index (Phi) is 8.50. The number of nitrogens with one attached hydrogen (secondary N) is 1. The summed E-state index contributed by atoms with van der Waals surface area (Å²) in [5.74, 6) is -0.884. The van der Waals surface area contributed by atoms with Crippen molar-refractivity contribution in [3.05, 3.63) is 52.6 Å². The van der Waals surface area contributed by atoms with Gasteiger partial charge in [-0.3, -0.25) is 9.59 Å². The summed E-state index contributed by atoms with van der Waals surface area (Å²) in [6.07, 6.45) is -4.08. The van der Waals surface area contributed by atoms with Gasteiger partial charge in [-0.25, -0.2) is 0 Å². The van der Waals surface area contributed by atoms with Crippen molar-refractivity contribution in [2.45, 2.75) is 59.0 Å². The number of rotatable bonds is 10. The van der Waals surface area contributed by atoms with Gasteiger partial charge in [-0.15, -0.1) is 13.2 Å². The molecule has 7 nitrogen and oxygen atoms in total. The lowest BCUT2D eigenvalue weighted by Gasteiger charge is -2.23. The number of aliphatic carboxylic acids is 1. The van der Waals surface area contributed by atoms with Crippen LogP contribution in [0.2, 0.25) is 0 Å². The maximum atomic E-state index is 12.9. The third-order valence-electron chi connectivity index (χ3n) is 6.07. The molecule has 2 aromatic rings. The number of ether oxygens (including phenoxy) is 2. The second-order valence-corrected chi connectivity index (χ2v) is 9.24. The number of benzene rings is 2. The third kappa shape index (κ3) is 6.69. The highest BCUT2D eigenvalue weighted by atomic mass is 19.4. The van der Waals surface area contributed by atoms with Crippen LogP contribution in [0.15, 0.2) is 30.3 Å². The van der Waals surface area contributed by atoms with Crippen LogP contribution in [0.3, 0.4) is 0 Å². The molecule has 0 spiro atoms. The molecule has 36 heavy (non-hydrogen) atoms. The largest absolute Gasteiger partial charge is 0.573 e. The molecular formula is C26H31F3N2O5. The van der Waals surface area contributed by atoms with Crippen LogP contribution in [0.25, 0.3) is 0 Å². The molecule has 0 saturated carbocycles. The molecule has 0 aliphatic carbocycles. The standard InChI is InChI=1S/C26H31F3N2O5/c1-15(2)11-18-6-5-17(12-23(18)36-26(27,28)29)14-35-22-8-7-21-19(16(22)3)9-10-31(21)25(34)20(30-4)13-24(32)33/h5-8,12,15,20,30H,9-11,13-14H2,1-4H3,(H,32,33)/t20-/m1/s1. The van der Waals surface area contributed by atoms with E-state index in [1.54, 1.807) is 36.2 Å². The Labute approximate surface area is 208 Å². The molecule has 0 saturated heterocycles. The van der Waals surface area contributed by atoms with Crippen LogP contribution < -0.4 is 19.7 Å². The van der Waals surface area contributed by atoms with Gasteiger partial charge in [0.2, 0.25) is 5.91 Å². The summed E-state index contributed by atoms with van der Waals surface area (Å²) in [6.45, 7) is 6.17. The van der Waals surface area contributed by atoms with Gasteiger partial charge in [-0.1, -0.05) is 26.0 Å². The molecule has 1 aliphatic rings. The number of carbonyl (C=O) groups excluding carboxylic acids is 1. The van der Waals surface area contributed by atoms with Crippen LogP contribution in [0.4, 0.5) is 18.9 Å². The Hall–Kier alpha value is -3.27. The predicted molar refractivity (Wildman–Crippen MR) is 128 cm³/mol. The van der Waals surface area contributed by atoms with E-state index in [4.69, 9.17) is 9.84 Å². The summed E-state index contributed by atoms with van der Waals surface area (Å²) in [5, 5.41) is 11.8. The van der Waals surface area contributed by atoms with E-state index in [0.717, 1.165) is 11.1 Å². The first-order valence-electron chi connectivity index (χ1n) is 11.7. The van der Waals surface area contributed by atoms with Crippen LogP contribution in [0.5, 0.6) is 11.5 Å². The van der Waals surface area contributed by atoms with E-state index in [-0.39, 0.29) is 30.6 Å². The Morgan fingerprint density at radius 1 is 1.17 bits per heavy atom. The van der Waals surface area contributed by atoms with E-state index in [1.807, 2.05) is 20.8 Å². The molecule has 2 N–H and O–H groups in total. The Bertz CT molecular complexity index is 1120. The lowest BCUT2D eigenvalue weighted by molar-refractivity contribution is -0.275. The van der Waals surface area contributed by atoms with E-state index < -0.39 is 18.4 Å². The number of halogens is 3. The van der Waals surface area contributed by atoms with Crippen LogP contribution in [0, 0.1) is 12.8 Å². The lowest BCUT2D eigenvalue weighted by atomic mass is 10.0. The molecule has 0 unspecified atom stereocenters. The predicted octanol–water partition coefficient (Wildman–Crippen LogP) is 4.62. The highest BCUT2D eigenvalue weighted by Crippen LogP contribution is 2.37. The van der Waals surface area contributed by atoms with Gasteiger partial charge in [0.25, 0.3) is 0 Å². The minimum Gasteiger partial charge on any atom is -0.489 e. The molecule has 196 valence electrons. The molecule has 1 aliphatic heterocycles. The van der Waals surface area contributed by atoms with Gasteiger partial charge in [0.05, 0.1) is 12.5 Å². The molecule has 0 radical (unpaired) electrons. The second-order valence-electron chi connectivity index (χ2n) is 9.24. The zero-order valence-electron chi connectivity index (χ0n) is 20.7. The monoisotopic (exact) mass is 508 g/mol. The van der Waals surface area contributed by atoms with Crippen molar-refractivity contribution >= 4 is 17.6 Å². The highest BCUT2D eigenvalue weighted by molar-refractivity contribution is 6.00. The number of anilines is 1. The van der Waals surface area contributed by atoms with Gasteiger partial charge in [-0.2, -0.15) is 0 Å². The average Bonchev–Trinajstić information content (AvgIpc) is 3.21. The summed E-state index contributed by atoms with van der Waals surface area (Å²) in [5.41, 5.74) is 3.45. The van der Waals surface area contributed by atoms with Gasteiger partial charge in [0.15, 0.2) is 0 Å². The first kappa shape index (κ1) is 27.3. The summed E-state index contributed by atoms with van der Waals surface area (Å²) in [4.78, 5) is 25.5. The van der Waals surface area contributed by atoms with Gasteiger partial charge >= 0.3 is 12.3 Å². The van der Waals surface area contributed by atoms with Gasteiger partial charge in [-0.05, 0) is 73.2 Å². The van der Waals surface area contributed by atoms with E-state index in [0.29, 0.717) is 42.0 Å². The molecule has 3 rings (SSSR count). The van der Waals surface area contributed by atoms with Crippen molar-refractivity contribution in [2.75, 3.05) is 18.5 Å². The number of alkyl halides is 3. The van der Waals surface area contributed by atoms with Crippen molar-refractivity contribution in [2.24, 2.45) is 5.92 Å². The van der Waals surface area contributed by atoms with E-state index in [2.05, 4.69) is 10.1 Å². The fourth-order valence-corrected chi connectivity index (χ4v) is 4.37. The number of carbonyl (C=O) groups is 2. The quantitative estimate of drug-likeness (QED) is 0.487. The fraction of sp³-hybridized carbons (Fsp3) is 0.462. The zero-order chi connectivity index (χ0) is 26.6. The lowest BCUT2D eigenvalue weighted by Crippen LogP contribution is -2.45. The molecule has 10 heteroatoms. The third-order valence-corrected chi connectivity index (χ3v) is 6.07. The maximum absolute atomic E-state index is 12.9. The Morgan fingerprint density at radius 3 is 2.50 bits per heavy atom. The molecule has 0 aromatic heterocycles. The van der Waals surface area contributed by atoms with E-state index in [1.165, 1.54) is 6.07 Å². The summed E-state index contributed by atoms with van der Waals surface area (Å²) in [6, 6.07) is 7.34. The van der Waals surface area contributed by atoms with Crippen molar-refractivity contribution < 1.29 is 37.3 Å². The number of nitrogens with zero attached hydrogens (tertiary/aromatic N) is 1. The molecule has 0 bridgehead atoms. The minimum atomic E-state index is -4.79. The van der Waals surface area contributed by atoms with Crippen molar-refractivity contribution in [3.8, 4) is 11.5 Å². The van der Waals surface area contributed by atoms with E-state index in [9.17, 15) is 22.8 Å². The van der Waals surface area contributed by atoms with Gasteiger partial charge < -0.3 is 24.8 Å². The number of hydrogen-bond donors (Lipinski definition) is 2. The molecule has 2 aromatic carbocycles. The zero-order valence-corrected chi connectivity index (χ0v) is 20.7. The van der Waals surface area contributed by atoms with Crippen molar-refractivity contribution in [3.63, 3.8) is 0 Å². The molecule has 0 fully saturated rings. The number of hydrogen-bond acceptors (Lipinski definition) is 5.